The van der Waals surface area contributed by atoms with E-state index in [1.54, 1.807) is 4.57 Å². The van der Waals surface area contributed by atoms with E-state index in [2.05, 4.69) is 28.7 Å². The van der Waals surface area contributed by atoms with Gasteiger partial charge in [-0.3, -0.25) is 0 Å². The predicted octanol–water partition coefficient (Wildman–Crippen LogP) is 4.40. The number of ether oxygens (including phenoxy) is 1. The number of aryl methyl sites for hydroxylation is 1. The van der Waals surface area contributed by atoms with Crippen molar-refractivity contribution in [1.82, 2.24) is 4.57 Å². The van der Waals surface area contributed by atoms with Crippen LogP contribution < -0.4 is 0 Å². The Hall–Kier alpha value is -1.04. The topological polar surface area (TPSA) is 31.2 Å². The number of halogens is 1. The summed E-state index contributed by atoms with van der Waals surface area (Å²) in [6.45, 7) is 5.65. The number of para-hydroxylation sites is 1. The molecule has 1 heterocycles. The van der Waals surface area contributed by atoms with E-state index in [1.807, 2.05) is 45.0 Å². The Balaban J connectivity index is 2.50. The van der Waals surface area contributed by atoms with Crippen LogP contribution in [0.1, 0.15) is 26.5 Å². The second kappa shape index (κ2) is 5.53. The molecule has 0 fully saturated rings. The Kier molecular flexibility index (Phi) is 4.18. The molecule has 0 saturated heterocycles. The van der Waals surface area contributed by atoms with Crippen molar-refractivity contribution in [3.63, 3.8) is 0 Å². The third-order valence-corrected chi connectivity index (χ3v) is 3.25. The zero-order valence-corrected chi connectivity index (χ0v) is 13.6. The number of fused-ring (bicyclic) bond motifs is 1. The molecular weight excluding hydrogens is 353 g/mol. The lowest BCUT2D eigenvalue weighted by Gasteiger charge is -2.20. The number of carbonyl (C=O) groups excluding carboxylic acids is 1. The molecule has 0 aliphatic heterocycles. The number of carbonyl (C=O) groups is 1. The Morgan fingerprint density at radius 2 is 2.00 bits per heavy atom. The summed E-state index contributed by atoms with van der Waals surface area (Å²) in [7, 11) is 0. The standard InChI is InChI=1S/C15H18INO2/c1-15(2,3)19-14(18)17-12(8-9-16)10-11-6-4-5-7-13(11)17/h4-7,10H,8-9H2,1-3H3. The summed E-state index contributed by atoms with van der Waals surface area (Å²) in [4.78, 5) is 12.4. The first kappa shape index (κ1) is 14.4. The molecule has 0 bridgehead atoms. The highest BCUT2D eigenvalue weighted by molar-refractivity contribution is 14.1. The van der Waals surface area contributed by atoms with Gasteiger partial charge < -0.3 is 4.74 Å². The zero-order valence-electron chi connectivity index (χ0n) is 11.4. The van der Waals surface area contributed by atoms with Gasteiger partial charge in [0.05, 0.1) is 5.52 Å². The normalized spacial score (nSPS) is 11.8. The molecule has 0 radical (unpaired) electrons. The summed E-state index contributed by atoms with van der Waals surface area (Å²) in [6, 6.07) is 9.97. The van der Waals surface area contributed by atoms with Crippen LogP contribution >= 0.6 is 22.6 Å². The van der Waals surface area contributed by atoms with Crippen molar-refractivity contribution in [3.05, 3.63) is 36.0 Å². The van der Waals surface area contributed by atoms with Crippen molar-refractivity contribution in [1.29, 1.82) is 0 Å². The molecule has 0 aliphatic rings. The molecule has 0 N–H and O–H groups in total. The molecular formula is C15H18INO2. The van der Waals surface area contributed by atoms with E-state index in [4.69, 9.17) is 4.74 Å². The maximum Gasteiger partial charge on any atom is 0.419 e. The van der Waals surface area contributed by atoms with Gasteiger partial charge in [0.2, 0.25) is 0 Å². The van der Waals surface area contributed by atoms with Crippen LogP contribution in [0, 0.1) is 0 Å². The van der Waals surface area contributed by atoms with Crippen molar-refractivity contribution < 1.29 is 9.53 Å². The monoisotopic (exact) mass is 371 g/mol. The summed E-state index contributed by atoms with van der Waals surface area (Å²) < 4.78 is 8.16. The van der Waals surface area contributed by atoms with Crippen LogP contribution in [0.25, 0.3) is 10.9 Å². The van der Waals surface area contributed by atoms with Crippen LogP contribution in [0.4, 0.5) is 4.79 Å². The highest BCUT2D eigenvalue weighted by Gasteiger charge is 2.21. The van der Waals surface area contributed by atoms with Gasteiger partial charge in [-0.25, -0.2) is 9.36 Å². The number of aromatic nitrogens is 1. The molecule has 4 heteroatoms. The number of rotatable bonds is 2. The fourth-order valence-corrected chi connectivity index (χ4v) is 2.57. The number of hydrogen-bond donors (Lipinski definition) is 0. The van der Waals surface area contributed by atoms with Gasteiger partial charge in [-0.05, 0) is 39.3 Å². The van der Waals surface area contributed by atoms with E-state index >= 15 is 0 Å². The molecule has 0 unspecified atom stereocenters. The summed E-state index contributed by atoms with van der Waals surface area (Å²) in [5.74, 6) is 0. The number of benzene rings is 1. The Bertz CT molecular complexity index is 596. The van der Waals surface area contributed by atoms with Crippen LogP contribution in [0.5, 0.6) is 0 Å². The van der Waals surface area contributed by atoms with Crippen LogP contribution in [0.15, 0.2) is 30.3 Å². The zero-order chi connectivity index (χ0) is 14.0. The smallest absolute Gasteiger partial charge is 0.419 e. The van der Waals surface area contributed by atoms with E-state index in [0.29, 0.717) is 0 Å². The van der Waals surface area contributed by atoms with Crippen LogP contribution in [-0.4, -0.2) is 20.7 Å². The number of alkyl halides is 1. The lowest BCUT2D eigenvalue weighted by atomic mass is 10.2. The first-order valence-electron chi connectivity index (χ1n) is 6.31. The number of hydrogen-bond acceptors (Lipinski definition) is 2. The molecule has 2 rings (SSSR count). The second-order valence-electron chi connectivity index (χ2n) is 5.45. The van der Waals surface area contributed by atoms with Gasteiger partial charge in [0.15, 0.2) is 0 Å². The van der Waals surface area contributed by atoms with Crippen LogP contribution in [-0.2, 0) is 11.2 Å². The second-order valence-corrected chi connectivity index (χ2v) is 6.53. The highest BCUT2D eigenvalue weighted by Crippen LogP contribution is 2.22. The Morgan fingerprint density at radius 1 is 1.32 bits per heavy atom. The van der Waals surface area contributed by atoms with Gasteiger partial charge in [0.1, 0.15) is 5.60 Å². The highest BCUT2D eigenvalue weighted by atomic mass is 127. The van der Waals surface area contributed by atoms with E-state index < -0.39 is 5.60 Å². The van der Waals surface area contributed by atoms with Crippen molar-refractivity contribution in [3.8, 4) is 0 Å². The van der Waals surface area contributed by atoms with Gasteiger partial charge in [-0.1, -0.05) is 40.8 Å². The van der Waals surface area contributed by atoms with Crippen LogP contribution in [0.3, 0.4) is 0 Å². The summed E-state index contributed by atoms with van der Waals surface area (Å²) in [5.41, 5.74) is 1.44. The van der Waals surface area contributed by atoms with Crippen LogP contribution in [0.2, 0.25) is 0 Å². The minimum Gasteiger partial charge on any atom is -0.443 e. The van der Waals surface area contributed by atoms with Gasteiger partial charge in [-0.2, -0.15) is 0 Å². The van der Waals surface area contributed by atoms with Gasteiger partial charge in [-0.15, -0.1) is 0 Å². The van der Waals surface area contributed by atoms with Gasteiger partial charge in [0, 0.05) is 15.5 Å². The van der Waals surface area contributed by atoms with E-state index in [1.165, 1.54) is 0 Å². The van der Waals surface area contributed by atoms with E-state index in [0.717, 1.165) is 27.4 Å². The molecule has 102 valence electrons. The van der Waals surface area contributed by atoms with Crippen molar-refractivity contribution in [2.24, 2.45) is 0 Å². The predicted molar refractivity (Wildman–Crippen MR) is 86.2 cm³/mol. The summed E-state index contributed by atoms with van der Waals surface area (Å²) in [6.07, 6.45) is 0.558. The SMILES string of the molecule is CC(C)(C)OC(=O)n1c(CCI)cc2ccccc21. The van der Waals surface area contributed by atoms with E-state index in [9.17, 15) is 4.79 Å². The maximum absolute atomic E-state index is 12.4. The minimum atomic E-state index is -0.482. The molecule has 0 aliphatic carbocycles. The van der Waals surface area contributed by atoms with Gasteiger partial charge in [0.25, 0.3) is 0 Å². The first-order chi connectivity index (χ1) is 8.92. The average molecular weight is 371 g/mol. The molecule has 3 nitrogen and oxygen atoms in total. The molecule has 1 aromatic heterocycles. The molecule has 0 amide bonds. The minimum absolute atomic E-state index is 0.298. The molecule has 2 aromatic rings. The lowest BCUT2D eigenvalue weighted by Crippen LogP contribution is -2.28. The fraction of sp³-hybridized carbons (Fsp3) is 0.400. The first-order valence-corrected chi connectivity index (χ1v) is 7.83. The largest absolute Gasteiger partial charge is 0.443 e. The summed E-state index contributed by atoms with van der Waals surface area (Å²) in [5, 5.41) is 1.08. The molecule has 1 aromatic carbocycles. The molecule has 0 atom stereocenters. The molecule has 0 spiro atoms. The average Bonchev–Trinajstić information content (AvgIpc) is 2.65. The Morgan fingerprint density at radius 3 is 2.63 bits per heavy atom. The fourth-order valence-electron chi connectivity index (χ4n) is 2.02. The van der Waals surface area contributed by atoms with Crippen molar-refractivity contribution in [2.75, 3.05) is 4.43 Å². The summed E-state index contributed by atoms with van der Waals surface area (Å²) >= 11 is 2.32. The van der Waals surface area contributed by atoms with E-state index in [-0.39, 0.29) is 6.09 Å². The third-order valence-electron chi connectivity index (χ3n) is 2.71. The maximum atomic E-state index is 12.4. The molecule has 0 saturated carbocycles. The number of nitrogens with zero attached hydrogens (tertiary/aromatic N) is 1. The lowest BCUT2D eigenvalue weighted by molar-refractivity contribution is 0.0540. The van der Waals surface area contributed by atoms with Gasteiger partial charge >= 0.3 is 6.09 Å². The van der Waals surface area contributed by atoms with Crippen molar-refractivity contribution >= 4 is 39.6 Å². The quantitative estimate of drug-likeness (QED) is 0.579. The Labute approximate surface area is 127 Å². The third kappa shape index (κ3) is 3.29. The molecule has 19 heavy (non-hydrogen) atoms. The van der Waals surface area contributed by atoms with Crippen molar-refractivity contribution in [2.45, 2.75) is 32.8 Å².